The normalized spacial score (nSPS) is 32.6. The maximum Gasteiger partial charge on any atom is 0.334 e. The van der Waals surface area contributed by atoms with Gasteiger partial charge in [0.1, 0.15) is 13.3 Å². The van der Waals surface area contributed by atoms with Gasteiger partial charge in [-0.3, -0.25) is 4.79 Å². The van der Waals surface area contributed by atoms with Crippen LogP contribution in [0.3, 0.4) is 0 Å². The van der Waals surface area contributed by atoms with Gasteiger partial charge in [0.15, 0.2) is 11.3 Å². The number of morpholine rings is 1. The number of ether oxygens (including phenoxy) is 2. The zero-order valence-corrected chi connectivity index (χ0v) is 12.2. The van der Waals surface area contributed by atoms with Crippen molar-refractivity contribution in [1.29, 1.82) is 0 Å². The summed E-state index contributed by atoms with van der Waals surface area (Å²) in [4.78, 5) is 26.7. The van der Waals surface area contributed by atoms with E-state index in [-0.39, 0.29) is 31.3 Å². The Labute approximate surface area is 123 Å². The lowest BCUT2D eigenvalue weighted by Crippen LogP contribution is -2.67. The largest absolute Gasteiger partial charge is 0.462 e. The van der Waals surface area contributed by atoms with Crippen molar-refractivity contribution in [2.45, 2.75) is 38.0 Å². The number of hydrogen-bond donors (Lipinski definition) is 0. The molecule has 3 rings (SSSR count). The Morgan fingerprint density at radius 2 is 2.10 bits per heavy atom. The monoisotopic (exact) mass is 289 g/mol. The van der Waals surface area contributed by atoms with E-state index in [1.54, 1.807) is 0 Å². The Kier molecular flexibility index (Phi) is 3.55. The molecule has 5 nitrogen and oxygen atoms in total. The molecule has 0 spiro atoms. The first-order valence-electron chi connectivity index (χ1n) is 7.16. The smallest absolute Gasteiger partial charge is 0.334 e. The predicted octanol–water partition coefficient (Wildman–Crippen LogP) is 1.16. The molecule has 1 aromatic rings. The van der Waals surface area contributed by atoms with Crippen LogP contribution in [0.4, 0.5) is 0 Å². The van der Waals surface area contributed by atoms with Crippen LogP contribution in [0.15, 0.2) is 30.3 Å². The molecule has 2 aliphatic rings. The van der Waals surface area contributed by atoms with Gasteiger partial charge < -0.3 is 9.47 Å². The van der Waals surface area contributed by atoms with Crippen molar-refractivity contribution in [3.05, 3.63) is 35.9 Å². The number of rotatable bonds is 3. The average Bonchev–Trinajstić information content (AvgIpc) is 2.85. The summed E-state index contributed by atoms with van der Waals surface area (Å²) in [5, 5.41) is 0. The molecular formula is C16H19NO4. The molecule has 3 atom stereocenters. The van der Waals surface area contributed by atoms with Crippen LogP contribution in [-0.4, -0.2) is 47.7 Å². The van der Waals surface area contributed by atoms with Gasteiger partial charge in [0.05, 0.1) is 12.1 Å². The van der Waals surface area contributed by atoms with Crippen molar-refractivity contribution < 1.29 is 19.1 Å². The third kappa shape index (κ3) is 2.17. The molecule has 2 saturated heterocycles. The molecule has 0 unspecified atom stereocenters. The topological polar surface area (TPSA) is 55.8 Å². The summed E-state index contributed by atoms with van der Waals surface area (Å²) in [5.41, 5.74) is -0.334. The second-order valence-corrected chi connectivity index (χ2v) is 5.72. The molecule has 21 heavy (non-hydrogen) atoms. The van der Waals surface area contributed by atoms with Gasteiger partial charge in [-0.1, -0.05) is 30.3 Å². The van der Waals surface area contributed by atoms with Crippen LogP contribution in [0.1, 0.15) is 19.4 Å². The maximum absolute atomic E-state index is 12.5. The molecule has 0 saturated carbocycles. The number of hydrogen-bond acceptors (Lipinski definition) is 5. The zero-order valence-electron chi connectivity index (χ0n) is 12.2. The van der Waals surface area contributed by atoms with Crippen molar-refractivity contribution in [3.63, 3.8) is 0 Å². The summed E-state index contributed by atoms with van der Waals surface area (Å²) < 4.78 is 11.0. The highest BCUT2D eigenvalue weighted by molar-refractivity contribution is 6.08. The summed E-state index contributed by atoms with van der Waals surface area (Å²) in [6.45, 7) is 3.96. The second-order valence-electron chi connectivity index (χ2n) is 5.72. The number of benzene rings is 1. The number of carbonyl (C=O) groups is 2. The van der Waals surface area contributed by atoms with Gasteiger partial charge in [0, 0.05) is 6.42 Å². The molecule has 2 heterocycles. The van der Waals surface area contributed by atoms with Crippen molar-refractivity contribution in [2.24, 2.45) is 0 Å². The molecule has 5 heteroatoms. The van der Waals surface area contributed by atoms with E-state index < -0.39 is 11.5 Å². The molecule has 0 radical (unpaired) electrons. The van der Waals surface area contributed by atoms with E-state index >= 15 is 0 Å². The highest BCUT2D eigenvalue weighted by atomic mass is 16.6. The van der Waals surface area contributed by atoms with Crippen LogP contribution in [0.5, 0.6) is 0 Å². The minimum Gasteiger partial charge on any atom is -0.462 e. The number of carbonyl (C=O) groups excluding carboxylic acids is 2. The summed E-state index contributed by atoms with van der Waals surface area (Å²) in [7, 11) is 0. The summed E-state index contributed by atoms with van der Waals surface area (Å²) >= 11 is 0. The fourth-order valence-electron chi connectivity index (χ4n) is 3.21. The van der Waals surface area contributed by atoms with Crippen molar-refractivity contribution >= 4 is 11.8 Å². The number of cyclic esters (lactones) is 1. The molecule has 0 N–H and O–H groups in total. The standard InChI is InChI=1S/C16H19NO4/c1-11-14-9-20-15(19)16(12(2)18,17(14)10-21-11)8-13-6-4-3-5-7-13/h3-7,11,14H,8-10H2,1-2H3/t11-,14-,16-/m1/s1. The first kappa shape index (κ1) is 14.2. The van der Waals surface area contributed by atoms with E-state index in [4.69, 9.17) is 9.47 Å². The molecule has 0 aromatic heterocycles. The Balaban J connectivity index is 2.02. The van der Waals surface area contributed by atoms with Crippen LogP contribution in [-0.2, 0) is 25.5 Å². The van der Waals surface area contributed by atoms with E-state index in [1.807, 2.05) is 42.2 Å². The summed E-state index contributed by atoms with van der Waals surface area (Å²) in [6, 6.07) is 9.49. The van der Waals surface area contributed by atoms with Crippen LogP contribution in [0.2, 0.25) is 0 Å². The second kappa shape index (κ2) is 5.24. The Morgan fingerprint density at radius 1 is 1.38 bits per heavy atom. The Hall–Kier alpha value is -1.72. The van der Waals surface area contributed by atoms with Gasteiger partial charge in [-0.05, 0) is 19.4 Å². The van der Waals surface area contributed by atoms with Gasteiger partial charge in [-0.2, -0.15) is 0 Å². The number of esters is 1. The fourth-order valence-corrected chi connectivity index (χ4v) is 3.21. The Bertz CT molecular complexity index is 559. The number of ketones is 1. The van der Waals surface area contributed by atoms with Crippen molar-refractivity contribution in [3.8, 4) is 0 Å². The van der Waals surface area contributed by atoms with E-state index in [2.05, 4.69) is 0 Å². The number of Topliss-reactive ketones (excluding diaryl/α,β-unsaturated/α-hetero) is 1. The van der Waals surface area contributed by atoms with Crippen LogP contribution >= 0.6 is 0 Å². The molecule has 112 valence electrons. The highest BCUT2D eigenvalue weighted by Gasteiger charge is 2.58. The predicted molar refractivity (Wildman–Crippen MR) is 75.6 cm³/mol. The molecule has 0 amide bonds. The maximum atomic E-state index is 12.5. The lowest BCUT2D eigenvalue weighted by atomic mass is 9.83. The average molecular weight is 289 g/mol. The highest BCUT2D eigenvalue weighted by Crippen LogP contribution is 2.35. The first-order chi connectivity index (χ1) is 10.1. The SMILES string of the molecule is CC(=O)[C@]1(Cc2ccccc2)C(=O)OC[C@@H]2[C@@H](C)OCN21. The number of nitrogens with zero attached hydrogens (tertiary/aromatic N) is 1. The van der Waals surface area contributed by atoms with Gasteiger partial charge >= 0.3 is 5.97 Å². The van der Waals surface area contributed by atoms with Gasteiger partial charge in [-0.25, -0.2) is 9.69 Å². The van der Waals surface area contributed by atoms with Gasteiger partial charge in [-0.15, -0.1) is 0 Å². The van der Waals surface area contributed by atoms with Crippen LogP contribution in [0.25, 0.3) is 0 Å². The van der Waals surface area contributed by atoms with Gasteiger partial charge in [0.25, 0.3) is 0 Å². The van der Waals surface area contributed by atoms with E-state index in [0.717, 1.165) is 5.56 Å². The fraction of sp³-hybridized carbons (Fsp3) is 0.500. The third-order valence-electron chi connectivity index (χ3n) is 4.52. The molecule has 0 aliphatic carbocycles. The van der Waals surface area contributed by atoms with Crippen molar-refractivity contribution in [2.75, 3.05) is 13.3 Å². The minimum atomic E-state index is -1.27. The summed E-state index contributed by atoms with van der Waals surface area (Å²) in [6.07, 6.45) is 0.266. The first-order valence-corrected chi connectivity index (χ1v) is 7.16. The lowest BCUT2D eigenvalue weighted by molar-refractivity contribution is -0.176. The summed E-state index contributed by atoms with van der Waals surface area (Å²) in [5.74, 6) is -0.661. The molecule has 1 aromatic carbocycles. The van der Waals surface area contributed by atoms with Crippen LogP contribution in [0, 0.1) is 0 Å². The molecule has 2 fully saturated rings. The quantitative estimate of drug-likeness (QED) is 0.617. The third-order valence-corrected chi connectivity index (χ3v) is 4.52. The minimum absolute atomic E-state index is 0.0485. The molecular weight excluding hydrogens is 270 g/mol. The lowest BCUT2D eigenvalue weighted by Gasteiger charge is -2.44. The molecule has 0 bridgehead atoms. The van der Waals surface area contributed by atoms with E-state index in [1.165, 1.54) is 6.92 Å². The zero-order chi connectivity index (χ0) is 15.0. The van der Waals surface area contributed by atoms with E-state index in [9.17, 15) is 9.59 Å². The van der Waals surface area contributed by atoms with E-state index in [0.29, 0.717) is 6.42 Å². The Morgan fingerprint density at radius 3 is 2.76 bits per heavy atom. The molecule has 2 aliphatic heterocycles. The van der Waals surface area contributed by atoms with Crippen LogP contribution < -0.4 is 0 Å². The van der Waals surface area contributed by atoms with Gasteiger partial charge in [0.2, 0.25) is 0 Å². The van der Waals surface area contributed by atoms with Crippen molar-refractivity contribution in [1.82, 2.24) is 4.90 Å². The number of fused-ring (bicyclic) bond motifs is 1.